The summed E-state index contributed by atoms with van der Waals surface area (Å²) in [5.41, 5.74) is 1.30. The van der Waals surface area contributed by atoms with Crippen LogP contribution in [0.15, 0.2) is 42.5 Å². The molecule has 0 radical (unpaired) electrons. The molecule has 11 heteroatoms. The molecule has 3 rings (SSSR count). The summed E-state index contributed by atoms with van der Waals surface area (Å²) in [5.74, 6) is -1.05. The van der Waals surface area contributed by atoms with Gasteiger partial charge in [0.15, 0.2) is 5.11 Å². The smallest absolute Gasteiger partial charge is 0.337 e. The summed E-state index contributed by atoms with van der Waals surface area (Å²) >= 11 is 5.14. The van der Waals surface area contributed by atoms with E-state index < -0.39 is 16.8 Å². The molecule has 0 unspecified atom stereocenters. The summed E-state index contributed by atoms with van der Waals surface area (Å²) in [6.07, 6.45) is 0. The van der Waals surface area contributed by atoms with E-state index in [4.69, 9.17) is 17.0 Å². The van der Waals surface area contributed by atoms with E-state index in [1.165, 1.54) is 19.2 Å². The van der Waals surface area contributed by atoms with Crippen LogP contribution in [0.1, 0.15) is 20.7 Å². The molecule has 1 aliphatic rings. The number of morpholine rings is 1. The molecule has 1 aliphatic heterocycles. The molecule has 2 aromatic rings. The number of methoxy groups -OCH3 is 1. The Hall–Kier alpha value is -3.57. The van der Waals surface area contributed by atoms with Crippen molar-refractivity contribution in [2.45, 2.75) is 0 Å². The number of esters is 1. The number of nitro groups is 1. The van der Waals surface area contributed by atoms with Crippen LogP contribution in [-0.2, 0) is 9.47 Å². The van der Waals surface area contributed by atoms with E-state index in [0.29, 0.717) is 43.2 Å². The molecule has 1 saturated heterocycles. The Morgan fingerprint density at radius 3 is 2.39 bits per heavy atom. The molecule has 2 N–H and O–H groups in total. The number of benzene rings is 2. The van der Waals surface area contributed by atoms with Gasteiger partial charge in [0.05, 0.1) is 30.8 Å². The van der Waals surface area contributed by atoms with Gasteiger partial charge in [-0.15, -0.1) is 0 Å². The highest BCUT2D eigenvalue weighted by Crippen LogP contribution is 2.30. The highest BCUT2D eigenvalue weighted by molar-refractivity contribution is 7.80. The summed E-state index contributed by atoms with van der Waals surface area (Å²) < 4.78 is 9.91. The third-order valence-electron chi connectivity index (χ3n) is 4.58. The number of hydrogen-bond donors (Lipinski definition) is 2. The fraction of sp³-hybridized carbons (Fsp3) is 0.250. The van der Waals surface area contributed by atoms with E-state index in [-0.39, 0.29) is 16.4 Å². The van der Waals surface area contributed by atoms with Crippen LogP contribution < -0.4 is 15.5 Å². The van der Waals surface area contributed by atoms with Crippen LogP contribution in [0.25, 0.3) is 0 Å². The predicted octanol–water partition coefficient (Wildman–Crippen LogP) is 2.34. The van der Waals surface area contributed by atoms with Gasteiger partial charge in [-0.3, -0.25) is 20.2 Å². The predicted molar refractivity (Wildman–Crippen MR) is 118 cm³/mol. The normalized spacial score (nSPS) is 13.3. The van der Waals surface area contributed by atoms with Gasteiger partial charge in [-0.25, -0.2) is 4.79 Å². The van der Waals surface area contributed by atoms with E-state index >= 15 is 0 Å². The average molecular weight is 444 g/mol. The number of anilines is 2. The molecule has 0 bridgehead atoms. The van der Waals surface area contributed by atoms with Crippen LogP contribution in [0.4, 0.5) is 17.1 Å². The van der Waals surface area contributed by atoms with Gasteiger partial charge in [-0.1, -0.05) is 0 Å². The summed E-state index contributed by atoms with van der Waals surface area (Å²) in [6.45, 7) is 2.05. The summed E-state index contributed by atoms with van der Waals surface area (Å²) in [4.78, 5) is 36.9. The zero-order valence-corrected chi connectivity index (χ0v) is 17.4. The van der Waals surface area contributed by atoms with Gasteiger partial charge >= 0.3 is 5.97 Å². The van der Waals surface area contributed by atoms with Gasteiger partial charge in [-0.2, -0.15) is 0 Å². The molecule has 162 valence electrons. The van der Waals surface area contributed by atoms with Crippen LogP contribution >= 0.6 is 12.2 Å². The Bertz CT molecular complexity index is 1010. The van der Waals surface area contributed by atoms with E-state index in [1.807, 2.05) is 4.90 Å². The number of amides is 1. The number of thiocarbonyl (C=S) groups is 1. The molecular formula is C20H20N4O6S. The monoisotopic (exact) mass is 444 g/mol. The molecular weight excluding hydrogens is 424 g/mol. The van der Waals surface area contributed by atoms with Crippen LogP contribution in [-0.4, -0.2) is 55.3 Å². The van der Waals surface area contributed by atoms with Gasteiger partial charge in [0.2, 0.25) is 0 Å². The molecule has 2 aromatic carbocycles. The van der Waals surface area contributed by atoms with Crippen LogP contribution in [0, 0.1) is 10.1 Å². The Morgan fingerprint density at radius 1 is 1.13 bits per heavy atom. The van der Waals surface area contributed by atoms with Crippen LogP contribution in [0.3, 0.4) is 0 Å². The molecule has 0 aliphatic carbocycles. The Labute approximate surface area is 183 Å². The second kappa shape index (κ2) is 9.96. The number of carbonyl (C=O) groups excluding carboxylic acids is 2. The van der Waals surface area contributed by atoms with Crippen molar-refractivity contribution in [3.63, 3.8) is 0 Å². The lowest BCUT2D eigenvalue weighted by atomic mass is 10.1. The first-order chi connectivity index (χ1) is 14.9. The fourth-order valence-corrected chi connectivity index (χ4v) is 3.24. The number of rotatable bonds is 5. The SMILES string of the molecule is COC(=O)c1ccc(NC(=S)NC(=O)c2ccc(N3CCOCC3)c([N+](=O)[O-])c2)cc1. The van der Waals surface area contributed by atoms with Gasteiger partial charge < -0.3 is 19.7 Å². The van der Waals surface area contributed by atoms with Crippen LogP contribution in [0.5, 0.6) is 0 Å². The minimum absolute atomic E-state index is 0.00993. The van der Waals surface area contributed by atoms with Crippen molar-refractivity contribution in [3.05, 3.63) is 63.7 Å². The third-order valence-corrected chi connectivity index (χ3v) is 4.78. The summed E-state index contributed by atoms with van der Waals surface area (Å²) in [6, 6.07) is 10.6. The van der Waals surface area contributed by atoms with E-state index in [9.17, 15) is 19.7 Å². The van der Waals surface area contributed by atoms with Crippen LogP contribution in [0.2, 0.25) is 0 Å². The number of nitrogens with one attached hydrogen (secondary N) is 2. The lowest BCUT2D eigenvalue weighted by molar-refractivity contribution is -0.384. The topological polar surface area (TPSA) is 123 Å². The molecule has 0 saturated carbocycles. The maximum absolute atomic E-state index is 12.5. The second-order valence-electron chi connectivity index (χ2n) is 6.54. The molecule has 10 nitrogen and oxygen atoms in total. The number of nitro benzene ring substituents is 1. The zero-order chi connectivity index (χ0) is 22.4. The maximum atomic E-state index is 12.5. The van der Waals surface area contributed by atoms with Crippen molar-refractivity contribution in [2.24, 2.45) is 0 Å². The third kappa shape index (κ3) is 5.53. The first kappa shape index (κ1) is 22.1. The highest BCUT2D eigenvalue weighted by Gasteiger charge is 2.23. The van der Waals surface area contributed by atoms with Crippen molar-refractivity contribution < 1.29 is 24.0 Å². The first-order valence-corrected chi connectivity index (χ1v) is 9.71. The second-order valence-corrected chi connectivity index (χ2v) is 6.95. The Morgan fingerprint density at radius 2 is 1.77 bits per heavy atom. The zero-order valence-electron chi connectivity index (χ0n) is 16.6. The largest absolute Gasteiger partial charge is 0.465 e. The summed E-state index contributed by atoms with van der Waals surface area (Å²) in [5, 5.41) is 16.9. The minimum Gasteiger partial charge on any atom is -0.465 e. The molecule has 0 atom stereocenters. The van der Waals surface area contributed by atoms with Crippen molar-refractivity contribution in [1.29, 1.82) is 0 Å². The summed E-state index contributed by atoms with van der Waals surface area (Å²) in [7, 11) is 1.29. The maximum Gasteiger partial charge on any atom is 0.337 e. The van der Waals surface area contributed by atoms with E-state index in [2.05, 4.69) is 15.4 Å². The molecule has 1 fully saturated rings. The number of nitrogens with zero attached hydrogens (tertiary/aromatic N) is 2. The van der Waals surface area contributed by atoms with Crippen molar-refractivity contribution in [2.75, 3.05) is 43.6 Å². The fourth-order valence-electron chi connectivity index (χ4n) is 3.03. The number of hydrogen-bond acceptors (Lipinski definition) is 8. The molecule has 31 heavy (non-hydrogen) atoms. The van der Waals surface area contributed by atoms with Gasteiger partial charge in [-0.05, 0) is 48.6 Å². The molecule has 0 aromatic heterocycles. The van der Waals surface area contributed by atoms with Crippen molar-refractivity contribution in [1.82, 2.24) is 5.32 Å². The van der Waals surface area contributed by atoms with Gasteiger partial charge in [0, 0.05) is 30.4 Å². The van der Waals surface area contributed by atoms with Crippen molar-refractivity contribution >= 4 is 46.3 Å². The standard InChI is InChI=1S/C20H20N4O6S/c1-29-19(26)13-2-5-15(6-3-13)21-20(31)22-18(25)14-4-7-16(17(12-14)24(27)28)23-8-10-30-11-9-23/h2-7,12H,8-11H2,1H3,(H2,21,22,25,31). The van der Waals surface area contributed by atoms with Gasteiger partial charge in [0.1, 0.15) is 5.69 Å². The average Bonchev–Trinajstić information content (AvgIpc) is 2.79. The Kier molecular flexibility index (Phi) is 7.11. The molecule has 0 spiro atoms. The minimum atomic E-state index is -0.583. The highest BCUT2D eigenvalue weighted by atomic mass is 32.1. The van der Waals surface area contributed by atoms with E-state index in [1.54, 1.807) is 30.3 Å². The first-order valence-electron chi connectivity index (χ1n) is 9.31. The lowest BCUT2D eigenvalue weighted by Gasteiger charge is -2.28. The number of ether oxygens (including phenoxy) is 2. The number of carbonyl (C=O) groups is 2. The van der Waals surface area contributed by atoms with Gasteiger partial charge in [0.25, 0.3) is 11.6 Å². The lowest BCUT2D eigenvalue weighted by Crippen LogP contribution is -2.37. The van der Waals surface area contributed by atoms with E-state index in [0.717, 1.165) is 0 Å². The molecule has 1 amide bonds. The van der Waals surface area contributed by atoms with Crippen molar-refractivity contribution in [3.8, 4) is 0 Å². The molecule has 1 heterocycles. The quantitative estimate of drug-likeness (QED) is 0.310. The Balaban J connectivity index is 1.68.